The lowest BCUT2D eigenvalue weighted by Gasteiger charge is -2.12. The predicted octanol–water partition coefficient (Wildman–Crippen LogP) is 2.94. The van der Waals surface area contributed by atoms with Gasteiger partial charge in [0.15, 0.2) is 0 Å². The van der Waals surface area contributed by atoms with Gasteiger partial charge in [0.05, 0.1) is 0 Å². The maximum Gasteiger partial charge on any atom is 0.136 e. The molecule has 0 aliphatic rings. The molecule has 0 spiro atoms. The lowest BCUT2D eigenvalue weighted by Crippen LogP contribution is -2.15. The molecule has 1 aromatic carbocycles. The van der Waals surface area contributed by atoms with Gasteiger partial charge in [-0.15, -0.1) is 0 Å². The van der Waals surface area contributed by atoms with E-state index in [4.69, 9.17) is 5.11 Å². The minimum atomic E-state index is 0.125. The fourth-order valence-corrected chi connectivity index (χ4v) is 1.69. The first-order valence-corrected chi connectivity index (χ1v) is 5.48. The van der Waals surface area contributed by atoms with Gasteiger partial charge in [0.2, 0.25) is 0 Å². The van der Waals surface area contributed by atoms with Gasteiger partial charge in [-0.2, -0.15) is 0 Å². The van der Waals surface area contributed by atoms with Crippen molar-refractivity contribution in [2.45, 2.75) is 33.1 Å². The molecule has 82 valence electrons. The molecular weight excluding hydrogens is 188 g/mol. The molecule has 0 saturated heterocycles. The normalized spacial score (nSPS) is 12.4. The van der Waals surface area contributed by atoms with Crippen LogP contribution in [0, 0.1) is 5.92 Å². The van der Waals surface area contributed by atoms with Gasteiger partial charge in [-0.05, 0) is 30.5 Å². The van der Waals surface area contributed by atoms with Gasteiger partial charge in [0.1, 0.15) is 11.5 Å². The number of carbonyl (C=O) groups excluding carboxylic acids is 1. The molecule has 2 nitrogen and oxygen atoms in total. The third-order valence-electron chi connectivity index (χ3n) is 2.72. The van der Waals surface area contributed by atoms with Gasteiger partial charge >= 0.3 is 0 Å². The first-order valence-electron chi connectivity index (χ1n) is 5.48. The van der Waals surface area contributed by atoms with E-state index in [1.807, 2.05) is 26.0 Å². The van der Waals surface area contributed by atoms with Crippen LogP contribution in [0.3, 0.4) is 0 Å². The zero-order valence-electron chi connectivity index (χ0n) is 9.36. The molecule has 1 atom stereocenters. The molecular formula is C13H18O2. The second-order valence-corrected chi connectivity index (χ2v) is 3.80. The summed E-state index contributed by atoms with van der Waals surface area (Å²) in [5.74, 6) is 0.721. The average Bonchev–Trinajstić information content (AvgIpc) is 2.27. The van der Waals surface area contributed by atoms with Crippen molar-refractivity contribution in [3.05, 3.63) is 29.8 Å². The molecule has 0 saturated carbocycles. The van der Waals surface area contributed by atoms with Crippen LogP contribution in [0.15, 0.2) is 24.3 Å². The highest BCUT2D eigenvalue weighted by Gasteiger charge is 2.14. The number of hydrogen-bond donors (Lipinski definition) is 1. The summed E-state index contributed by atoms with van der Waals surface area (Å²) >= 11 is 0. The molecule has 2 heteroatoms. The highest BCUT2D eigenvalue weighted by molar-refractivity contribution is 5.80. The standard InChI is InChI=1S/C13H18O2/c1-3-11(13(15)4-2)9-10-5-7-12(14)8-6-10/h5-8,11,14H,3-4,9H2,1-2H3. The Kier molecular flexibility index (Phi) is 4.35. The van der Waals surface area contributed by atoms with E-state index in [1.54, 1.807) is 12.1 Å². The summed E-state index contributed by atoms with van der Waals surface area (Å²) < 4.78 is 0. The summed E-state index contributed by atoms with van der Waals surface area (Å²) in [6.45, 7) is 3.94. The van der Waals surface area contributed by atoms with E-state index in [-0.39, 0.29) is 11.7 Å². The van der Waals surface area contributed by atoms with Crippen LogP contribution in [0.5, 0.6) is 5.75 Å². The van der Waals surface area contributed by atoms with E-state index >= 15 is 0 Å². The third-order valence-corrected chi connectivity index (χ3v) is 2.72. The van der Waals surface area contributed by atoms with E-state index in [0.717, 1.165) is 18.4 Å². The molecule has 0 radical (unpaired) electrons. The summed E-state index contributed by atoms with van der Waals surface area (Å²) in [6.07, 6.45) is 2.27. The topological polar surface area (TPSA) is 37.3 Å². The monoisotopic (exact) mass is 206 g/mol. The van der Waals surface area contributed by atoms with E-state index in [2.05, 4.69) is 0 Å². The summed E-state index contributed by atoms with van der Waals surface area (Å²) in [6, 6.07) is 7.08. The second-order valence-electron chi connectivity index (χ2n) is 3.80. The van der Waals surface area contributed by atoms with Crippen molar-refractivity contribution in [1.82, 2.24) is 0 Å². The van der Waals surface area contributed by atoms with Crippen LogP contribution in [0.2, 0.25) is 0 Å². The summed E-state index contributed by atoms with van der Waals surface area (Å²) in [7, 11) is 0. The van der Waals surface area contributed by atoms with Crippen LogP contribution in [-0.4, -0.2) is 10.9 Å². The Morgan fingerprint density at radius 3 is 2.33 bits per heavy atom. The van der Waals surface area contributed by atoms with Crippen molar-refractivity contribution in [3.8, 4) is 5.75 Å². The van der Waals surface area contributed by atoms with E-state index in [1.165, 1.54) is 0 Å². The number of phenolic OH excluding ortho intramolecular Hbond substituents is 1. The highest BCUT2D eigenvalue weighted by Crippen LogP contribution is 2.17. The van der Waals surface area contributed by atoms with Crippen molar-refractivity contribution in [2.75, 3.05) is 0 Å². The van der Waals surface area contributed by atoms with E-state index in [9.17, 15) is 4.79 Å². The minimum Gasteiger partial charge on any atom is -0.508 e. The van der Waals surface area contributed by atoms with Crippen molar-refractivity contribution >= 4 is 5.78 Å². The maximum absolute atomic E-state index is 11.6. The molecule has 15 heavy (non-hydrogen) atoms. The Labute approximate surface area is 90.9 Å². The SMILES string of the molecule is CCC(=O)C(CC)Cc1ccc(O)cc1. The highest BCUT2D eigenvalue weighted by atomic mass is 16.3. The molecule has 1 N–H and O–H groups in total. The molecule has 0 aliphatic heterocycles. The summed E-state index contributed by atoms with van der Waals surface area (Å²) in [5, 5.41) is 9.14. The van der Waals surface area contributed by atoms with Crippen LogP contribution in [0.4, 0.5) is 0 Å². The number of rotatable bonds is 5. The molecule has 1 rings (SSSR count). The Hall–Kier alpha value is -1.31. The van der Waals surface area contributed by atoms with Crippen molar-refractivity contribution in [3.63, 3.8) is 0 Å². The van der Waals surface area contributed by atoms with E-state index < -0.39 is 0 Å². The van der Waals surface area contributed by atoms with Gasteiger partial charge in [-0.1, -0.05) is 26.0 Å². The number of carbonyl (C=O) groups is 1. The van der Waals surface area contributed by atoms with Gasteiger partial charge in [-0.25, -0.2) is 0 Å². The quantitative estimate of drug-likeness (QED) is 0.804. The fraction of sp³-hybridized carbons (Fsp3) is 0.462. The first-order chi connectivity index (χ1) is 7.17. The Morgan fingerprint density at radius 1 is 1.27 bits per heavy atom. The van der Waals surface area contributed by atoms with Crippen molar-refractivity contribution in [1.29, 1.82) is 0 Å². The van der Waals surface area contributed by atoms with Crippen molar-refractivity contribution in [2.24, 2.45) is 5.92 Å². The Bertz CT molecular complexity index is 314. The number of phenols is 1. The van der Waals surface area contributed by atoms with Crippen molar-refractivity contribution < 1.29 is 9.90 Å². The number of Topliss-reactive ketones (excluding diaryl/α,β-unsaturated/α-hetero) is 1. The summed E-state index contributed by atoms with van der Waals surface area (Å²) in [4.78, 5) is 11.6. The molecule has 0 aliphatic carbocycles. The molecule has 1 unspecified atom stereocenters. The van der Waals surface area contributed by atoms with Gasteiger partial charge < -0.3 is 5.11 Å². The van der Waals surface area contributed by atoms with Crippen LogP contribution in [-0.2, 0) is 11.2 Å². The molecule has 0 bridgehead atoms. The van der Waals surface area contributed by atoms with Crippen LogP contribution >= 0.6 is 0 Å². The predicted molar refractivity (Wildman–Crippen MR) is 60.9 cm³/mol. The Balaban J connectivity index is 2.66. The zero-order valence-corrected chi connectivity index (χ0v) is 9.36. The lowest BCUT2D eigenvalue weighted by molar-refractivity contribution is -0.122. The first kappa shape index (κ1) is 11.8. The maximum atomic E-state index is 11.6. The molecule has 1 aromatic rings. The smallest absolute Gasteiger partial charge is 0.136 e. The van der Waals surface area contributed by atoms with Gasteiger partial charge in [0.25, 0.3) is 0 Å². The average molecular weight is 206 g/mol. The summed E-state index contributed by atoms with van der Waals surface area (Å²) in [5.41, 5.74) is 1.11. The molecule has 0 heterocycles. The molecule has 0 fully saturated rings. The fourth-order valence-electron chi connectivity index (χ4n) is 1.69. The number of ketones is 1. The third kappa shape index (κ3) is 3.39. The number of aromatic hydroxyl groups is 1. The second kappa shape index (κ2) is 5.54. The van der Waals surface area contributed by atoms with E-state index in [0.29, 0.717) is 12.2 Å². The minimum absolute atomic E-state index is 0.125. The largest absolute Gasteiger partial charge is 0.508 e. The van der Waals surface area contributed by atoms with Crippen LogP contribution in [0.25, 0.3) is 0 Å². The van der Waals surface area contributed by atoms with Gasteiger partial charge in [-0.3, -0.25) is 4.79 Å². The number of benzene rings is 1. The molecule has 0 amide bonds. The lowest BCUT2D eigenvalue weighted by atomic mass is 9.92. The molecule has 0 aromatic heterocycles. The Morgan fingerprint density at radius 2 is 1.87 bits per heavy atom. The van der Waals surface area contributed by atoms with Crippen LogP contribution < -0.4 is 0 Å². The zero-order chi connectivity index (χ0) is 11.3. The van der Waals surface area contributed by atoms with Gasteiger partial charge in [0, 0.05) is 12.3 Å². The number of hydrogen-bond acceptors (Lipinski definition) is 2. The van der Waals surface area contributed by atoms with Crippen LogP contribution in [0.1, 0.15) is 32.3 Å².